The van der Waals surface area contributed by atoms with Crippen LogP contribution in [0.1, 0.15) is 23.3 Å². The third kappa shape index (κ3) is 3.39. The van der Waals surface area contributed by atoms with Gasteiger partial charge in [-0.25, -0.2) is 9.79 Å². The van der Waals surface area contributed by atoms with Crippen LogP contribution in [0.25, 0.3) is 6.08 Å². The molecule has 0 amide bonds. The van der Waals surface area contributed by atoms with Crippen LogP contribution in [0.2, 0.25) is 0 Å². The van der Waals surface area contributed by atoms with Crippen molar-refractivity contribution in [1.82, 2.24) is 0 Å². The Kier molecular flexibility index (Phi) is 4.30. The number of hydrogen-bond donors (Lipinski definition) is 0. The molecule has 1 fully saturated rings. The number of nitrogens with zero attached hydrogens (tertiary/aromatic N) is 1. The molecule has 4 rings (SSSR count). The molecular weight excluding hydrogens is 354 g/mol. The molecule has 132 valence electrons. The fraction of sp³-hybridized carbons (Fsp3) is 0.211. The van der Waals surface area contributed by atoms with Crippen molar-refractivity contribution in [2.45, 2.75) is 12.8 Å². The lowest BCUT2D eigenvalue weighted by molar-refractivity contribution is -0.136. The standard InChI is InChI=1S/C19H15NO5S/c1-23-15-10-11(4-7-14(15)24-18(21)12-5-6-12)9-13-19(22)25-17(20-13)16-3-2-8-26-16/h2-4,7-10,12H,5-6H2,1H3/b13-9-. The van der Waals surface area contributed by atoms with E-state index in [0.717, 1.165) is 17.7 Å². The maximum Gasteiger partial charge on any atom is 0.363 e. The van der Waals surface area contributed by atoms with E-state index in [0.29, 0.717) is 23.0 Å². The number of thiophene rings is 1. The minimum absolute atomic E-state index is 0.000213. The summed E-state index contributed by atoms with van der Waals surface area (Å²) in [6.07, 6.45) is 3.36. The number of carbonyl (C=O) groups is 2. The van der Waals surface area contributed by atoms with Gasteiger partial charge in [0.1, 0.15) is 0 Å². The Bertz CT molecular complexity index is 925. The second-order valence-corrected chi connectivity index (χ2v) is 6.87. The summed E-state index contributed by atoms with van der Waals surface area (Å²) >= 11 is 1.45. The van der Waals surface area contributed by atoms with Crippen molar-refractivity contribution in [2.24, 2.45) is 10.9 Å². The number of hydrogen-bond acceptors (Lipinski definition) is 7. The number of rotatable bonds is 5. The van der Waals surface area contributed by atoms with Crippen LogP contribution in [0, 0.1) is 5.92 Å². The van der Waals surface area contributed by atoms with Crippen molar-refractivity contribution >= 4 is 35.2 Å². The monoisotopic (exact) mass is 369 g/mol. The Labute approximate surface area is 153 Å². The zero-order valence-electron chi connectivity index (χ0n) is 13.9. The Morgan fingerprint density at radius 3 is 2.85 bits per heavy atom. The predicted molar refractivity (Wildman–Crippen MR) is 96.3 cm³/mol. The molecule has 2 aromatic rings. The van der Waals surface area contributed by atoms with Crippen LogP contribution in [-0.2, 0) is 14.3 Å². The molecule has 0 radical (unpaired) electrons. The Morgan fingerprint density at radius 2 is 2.15 bits per heavy atom. The highest BCUT2D eigenvalue weighted by atomic mass is 32.1. The Hall–Kier alpha value is -2.93. The molecule has 1 aromatic heterocycles. The molecule has 26 heavy (non-hydrogen) atoms. The number of ether oxygens (including phenoxy) is 3. The first-order valence-corrected chi connectivity index (χ1v) is 8.98. The van der Waals surface area contributed by atoms with Crippen molar-refractivity contribution in [3.05, 3.63) is 51.8 Å². The molecule has 1 aromatic carbocycles. The third-order valence-corrected chi connectivity index (χ3v) is 4.82. The molecule has 0 saturated heterocycles. The number of esters is 2. The first kappa shape index (κ1) is 16.5. The molecule has 1 saturated carbocycles. The summed E-state index contributed by atoms with van der Waals surface area (Å²) in [6, 6.07) is 8.78. The van der Waals surface area contributed by atoms with Gasteiger partial charge in [-0.3, -0.25) is 4.79 Å². The van der Waals surface area contributed by atoms with Crippen LogP contribution in [0.5, 0.6) is 11.5 Å². The normalized spacial score (nSPS) is 17.8. The van der Waals surface area contributed by atoms with Crippen LogP contribution in [-0.4, -0.2) is 24.9 Å². The summed E-state index contributed by atoms with van der Waals surface area (Å²) in [7, 11) is 1.50. The van der Waals surface area contributed by atoms with Crippen molar-refractivity contribution in [2.75, 3.05) is 7.11 Å². The van der Waals surface area contributed by atoms with Gasteiger partial charge in [0.15, 0.2) is 17.2 Å². The van der Waals surface area contributed by atoms with E-state index in [4.69, 9.17) is 14.2 Å². The zero-order chi connectivity index (χ0) is 18.1. The van der Waals surface area contributed by atoms with Crippen molar-refractivity contribution in [3.63, 3.8) is 0 Å². The molecule has 6 nitrogen and oxygen atoms in total. The predicted octanol–water partition coefficient (Wildman–Crippen LogP) is 3.42. The molecule has 2 heterocycles. The van der Waals surface area contributed by atoms with Crippen LogP contribution in [0.15, 0.2) is 46.4 Å². The van der Waals surface area contributed by atoms with E-state index in [-0.39, 0.29) is 17.6 Å². The van der Waals surface area contributed by atoms with Crippen LogP contribution in [0.4, 0.5) is 0 Å². The summed E-state index contributed by atoms with van der Waals surface area (Å²) < 4.78 is 15.9. The van der Waals surface area contributed by atoms with Crippen LogP contribution < -0.4 is 9.47 Å². The van der Waals surface area contributed by atoms with Gasteiger partial charge in [0.2, 0.25) is 5.90 Å². The maximum absolute atomic E-state index is 12.0. The van der Waals surface area contributed by atoms with Gasteiger partial charge in [-0.15, -0.1) is 11.3 Å². The van der Waals surface area contributed by atoms with Gasteiger partial charge in [0, 0.05) is 0 Å². The molecule has 1 aliphatic heterocycles. The number of carbonyl (C=O) groups excluding carboxylic acids is 2. The highest BCUT2D eigenvalue weighted by Gasteiger charge is 2.32. The van der Waals surface area contributed by atoms with Gasteiger partial charge < -0.3 is 14.2 Å². The SMILES string of the molecule is COc1cc(/C=C2\N=C(c3cccs3)OC2=O)ccc1OC(=O)C1CC1. The highest BCUT2D eigenvalue weighted by Crippen LogP contribution is 2.34. The molecule has 0 bridgehead atoms. The topological polar surface area (TPSA) is 74.2 Å². The second-order valence-electron chi connectivity index (χ2n) is 5.92. The molecule has 0 unspecified atom stereocenters. The van der Waals surface area contributed by atoms with Crippen LogP contribution >= 0.6 is 11.3 Å². The summed E-state index contributed by atoms with van der Waals surface area (Å²) in [5.74, 6) is 0.346. The molecule has 7 heteroatoms. The van der Waals surface area contributed by atoms with E-state index < -0.39 is 5.97 Å². The van der Waals surface area contributed by atoms with E-state index in [2.05, 4.69) is 4.99 Å². The van der Waals surface area contributed by atoms with Crippen molar-refractivity contribution in [1.29, 1.82) is 0 Å². The first-order chi connectivity index (χ1) is 12.6. The maximum atomic E-state index is 12.0. The average molecular weight is 369 g/mol. The third-order valence-electron chi connectivity index (χ3n) is 3.96. The van der Waals surface area contributed by atoms with E-state index >= 15 is 0 Å². The molecule has 0 spiro atoms. The lowest BCUT2D eigenvalue weighted by Crippen LogP contribution is -2.10. The number of cyclic esters (lactones) is 1. The van der Waals surface area contributed by atoms with Crippen molar-refractivity contribution in [3.8, 4) is 11.5 Å². The zero-order valence-corrected chi connectivity index (χ0v) is 14.7. The van der Waals surface area contributed by atoms with E-state index in [9.17, 15) is 9.59 Å². The van der Waals surface area contributed by atoms with Gasteiger partial charge in [-0.1, -0.05) is 12.1 Å². The lowest BCUT2D eigenvalue weighted by Gasteiger charge is -2.09. The summed E-state index contributed by atoms with van der Waals surface area (Å²) in [4.78, 5) is 28.9. The smallest absolute Gasteiger partial charge is 0.363 e. The Morgan fingerprint density at radius 1 is 1.31 bits per heavy atom. The van der Waals surface area contributed by atoms with E-state index in [1.54, 1.807) is 24.3 Å². The van der Waals surface area contributed by atoms with Gasteiger partial charge >= 0.3 is 11.9 Å². The lowest BCUT2D eigenvalue weighted by atomic mass is 10.1. The van der Waals surface area contributed by atoms with Gasteiger partial charge in [-0.2, -0.15) is 0 Å². The second kappa shape index (κ2) is 6.76. The fourth-order valence-corrected chi connectivity index (χ4v) is 3.09. The number of methoxy groups -OCH3 is 1. The number of benzene rings is 1. The molecule has 0 N–H and O–H groups in total. The van der Waals surface area contributed by atoms with Gasteiger partial charge in [-0.05, 0) is 48.1 Å². The summed E-state index contributed by atoms with van der Waals surface area (Å²) in [5, 5.41) is 1.89. The number of aliphatic imine (C=N–C) groups is 1. The minimum Gasteiger partial charge on any atom is -0.493 e. The molecule has 0 atom stereocenters. The largest absolute Gasteiger partial charge is 0.493 e. The van der Waals surface area contributed by atoms with Crippen LogP contribution in [0.3, 0.4) is 0 Å². The molecular formula is C19H15NO5S. The van der Waals surface area contributed by atoms with Gasteiger partial charge in [0.05, 0.1) is 17.9 Å². The highest BCUT2D eigenvalue weighted by molar-refractivity contribution is 7.12. The Balaban J connectivity index is 1.58. The quantitative estimate of drug-likeness (QED) is 0.459. The molecule has 1 aliphatic carbocycles. The van der Waals surface area contributed by atoms with E-state index in [1.807, 2.05) is 17.5 Å². The molecule has 2 aliphatic rings. The fourth-order valence-electron chi connectivity index (χ4n) is 2.44. The summed E-state index contributed by atoms with van der Waals surface area (Å²) in [5.41, 5.74) is 0.898. The average Bonchev–Trinajstić information content (AvgIpc) is 3.23. The summed E-state index contributed by atoms with van der Waals surface area (Å²) in [6.45, 7) is 0. The van der Waals surface area contributed by atoms with Gasteiger partial charge in [0.25, 0.3) is 0 Å². The van der Waals surface area contributed by atoms with E-state index in [1.165, 1.54) is 18.4 Å². The minimum atomic E-state index is -0.503. The first-order valence-electron chi connectivity index (χ1n) is 8.10. The van der Waals surface area contributed by atoms with Crippen molar-refractivity contribution < 1.29 is 23.8 Å².